The van der Waals surface area contributed by atoms with E-state index < -0.39 is 0 Å². The van der Waals surface area contributed by atoms with Gasteiger partial charge in [-0.05, 0) is 5.56 Å². The van der Waals surface area contributed by atoms with Crippen molar-refractivity contribution in [3.05, 3.63) is 54.6 Å². The molecule has 0 amide bonds. The fourth-order valence-corrected chi connectivity index (χ4v) is 1.58. The Hall–Kier alpha value is -1.65. The van der Waals surface area contributed by atoms with E-state index in [1.807, 2.05) is 46.1 Å². The van der Waals surface area contributed by atoms with Gasteiger partial charge in [-0.15, -0.1) is 0 Å². The molecule has 1 aromatic heterocycles. The molecule has 0 N–H and O–H groups in total. The zero-order valence-electron chi connectivity index (χ0n) is 9.95. The molecule has 2 aromatic rings. The highest BCUT2D eigenvalue weighted by Crippen LogP contribution is 2.01. The normalized spacial score (nSPS) is 10.6. The summed E-state index contributed by atoms with van der Waals surface area (Å²) in [5.74, 6) is 0. The predicted octanol–water partition coefficient (Wildman–Crippen LogP) is 1.55. The molecule has 0 radical (unpaired) electrons. The van der Waals surface area contributed by atoms with Gasteiger partial charge in [0.1, 0.15) is 12.4 Å². The van der Waals surface area contributed by atoms with Crippen LogP contribution in [0.4, 0.5) is 0 Å². The van der Waals surface area contributed by atoms with Gasteiger partial charge in [-0.1, -0.05) is 30.3 Å². The van der Waals surface area contributed by atoms with Gasteiger partial charge in [-0.2, -0.15) is 0 Å². The lowest BCUT2D eigenvalue weighted by molar-refractivity contribution is -0.730. The van der Waals surface area contributed by atoms with Crippen molar-refractivity contribution in [2.75, 3.05) is 7.11 Å². The zero-order chi connectivity index (χ0) is 11.9. The molecular weight excluding hydrogens is 216 g/mol. The van der Waals surface area contributed by atoms with Crippen LogP contribution < -0.4 is 4.57 Å². The van der Waals surface area contributed by atoms with Gasteiger partial charge in [0.2, 0.25) is 6.33 Å². The summed E-state index contributed by atoms with van der Waals surface area (Å²) in [7, 11) is 1.68. The molecule has 1 aromatic carbocycles. The quantitative estimate of drug-likeness (QED) is 0.708. The smallest absolute Gasteiger partial charge is 0.247 e. The Bertz CT molecular complexity index is 440. The van der Waals surface area contributed by atoms with Crippen LogP contribution in [0, 0.1) is 0 Å². The Morgan fingerprint density at radius 2 is 2.06 bits per heavy atom. The number of hydrogen-bond donors (Lipinski definition) is 0. The molecule has 1 heterocycles. The second-order valence-electron chi connectivity index (χ2n) is 3.82. The number of benzene rings is 1. The number of nitrogens with zero attached hydrogens (tertiary/aromatic N) is 2. The fourth-order valence-electron chi connectivity index (χ4n) is 1.58. The molecule has 4 heteroatoms. The van der Waals surface area contributed by atoms with E-state index in [0.29, 0.717) is 20.1 Å². The molecule has 0 atom stereocenters. The molecule has 0 aliphatic carbocycles. The van der Waals surface area contributed by atoms with Gasteiger partial charge in [0.05, 0.1) is 6.61 Å². The van der Waals surface area contributed by atoms with Gasteiger partial charge in [-0.25, -0.2) is 9.13 Å². The average Bonchev–Trinajstić information content (AvgIpc) is 2.79. The molecule has 0 saturated heterocycles. The van der Waals surface area contributed by atoms with Gasteiger partial charge in [0.25, 0.3) is 0 Å². The van der Waals surface area contributed by atoms with Gasteiger partial charge in [0, 0.05) is 7.11 Å². The first-order valence-electron chi connectivity index (χ1n) is 5.54. The molecule has 0 aliphatic rings. The number of methoxy groups -OCH3 is 1. The lowest BCUT2D eigenvalue weighted by Gasteiger charge is -2.01. The summed E-state index contributed by atoms with van der Waals surface area (Å²) in [6.07, 6.45) is 5.87. The summed E-state index contributed by atoms with van der Waals surface area (Å²) in [6, 6.07) is 10.1. The van der Waals surface area contributed by atoms with Gasteiger partial charge >= 0.3 is 0 Å². The molecule has 4 nitrogen and oxygen atoms in total. The maximum atomic E-state index is 5.61. The lowest BCUT2D eigenvalue weighted by Crippen LogP contribution is -2.31. The Morgan fingerprint density at radius 1 is 1.24 bits per heavy atom. The van der Waals surface area contributed by atoms with Crippen LogP contribution >= 0.6 is 0 Å². The van der Waals surface area contributed by atoms with Crippen molar-refractivity contribution in [3.63, 3.8) is 0 Å². The molecule has 17 heavy (non-hydrogen) atoms. The third-order valence-corrected chi connectivity index (χ3v) is 2.38. The Kier molecular flexibility index (Phi) is 4.30. The minimum atomic E-state index is 0.547. The van der Waals surface area contributed by atoms with Crippen molar-refractivity contribution in [2.45, 2.75) is 20.1 Å². The summed E-state index contributed by atoms with van der Waals surface area (Å²) >= 11 is 0. The SMILES string of the molecule is COC[n+]1ccn(COCc2ccccc2)c1. The number of imidazole rings is 1. The minimum absolute atomic E-state index is 0.547. The molecule has 0 unspecified atom stereocenters. The van der Waals surface area contributed by atoms with Crippen molar-refractivity contribution in [2.24, 2.45) is 0 Å². The van der Waals surface area contributed by atoms with E-state index in [2.05, 4.69) is 12.1 Å². The second kappa shape index (κ2) is 6.18. The minimum Gasteiger partial charge on any atom is -0.345 e. The summed E-state index contributed by atoms with van der Waals surface area (Å²) in [4.78, 5) is 0. The van der Waals surface area contributed by atoms with E-state index in [-0.39, 0.29) is 0 Å². The van der Waals surface area contributed by atoms with Crippen molar-refractivity contribution in [1.82, 2.24) is 4.57 Å². The highest BCUT2D eigenvalue weighted by Gasteiger charge is 2.02. The number of rotatable bonds is 6. The monoisotopic (exact) mass is 233 g/mol. The third kappa shape index (κ3) is 3.69. The van der Waals surface area contributed by atoms with E-state index in [9.17, 15) is 0 Å². The van der Waals surface area contributed by atoms with Gasteiger partial charge in [0.15, 0.2) is 13.5 Å². The summed E-state index contributed by atoms with van der Waals surface area (Å²) in [5.41, 5.74) is 1.18. The van der Waals surface area contributed by atoms with Crippen LogP contribution in [0.15, 0.2) is 49.1 Å². The lowest BCUT2D eigenvalue weighted by atomic mass is 10.2. The largest absolute Gasteiger partial charge is 0.345 e. The summed E-state index contributed by atoms with van der Waals surface area (Å²) in [5, 5.41) is 0. The fraction of sp³-hybridized carbons (Fsp3) is 0.308. The zero-order valence-corrected chi connectivity index (χ0v) is 9.95. The van der Waals surface area contributed by atoms with Crippen LogP contribution in [-0.4, -0.2) is 11.7 Å². The van der Waals surface area contributed by atoms with Crippen molar-refractivity contribution < 1.29 is 14.0 Å². The van der Waals surface area contributed by atoms with Crippen LogP contribution in [0.5, 0.6) is 0 Å². The first kappa shape index (κ1) is 11.8. The van der Waals surface area contributed by atoms with E-state index in [4.69, 9.17) is 9.47 Å². The first-order chi connectivity index (χ1) is 8.38. The number of hydrogen-bond acceptors (Lipinski definition) is 2. The first-order valence-corrected chi connectivity index (χ1v) is 5.54. The summed E-state index contributed by atoms with van der Waals surface area (Å²) in [6.45, 7) is 1.74. The third-order valence-electron chi connectivity index (χ3n) is 2.38. The Balaban J connectivity index is 1.78. The standard InChI is InChI=1S/C13H17N2O2/c1-16-11-14-7-8-15(10-14)12-17-9-13-5-3-2-4-6-13/h2-8,10H,9,11-12H2,1H3/q+1. The molecule has 0 saturated carbocycles. The van der Waals surface area contributed by atoms with Gasteiger partial charge < -0.3 is 9.47 Å². The molecule has 0 fully saturated rings. The van der Waals surface area contributed by atoms with Crippen molar-refractivity contribution in [3.8, 4) is 0 Å². The van der Waals surface area contributed by atoms with E-state index in [0.717, 1.165) is 0 Å². The Labute approximate surface area is 101 Å². The average molecular weight is 233 g/mol. The van der Waals surface area contributed by atoms with Crippen LogP contribution in [0.2, 0.25) is 0 Å². The van der Waals surface area contributed by atoms with Crippen LogP contribution in [0.25, 0.3) is 0 Å². The number of ether oxygens (including phenoxy) is 2. The van der Waals surface area contributed by atoms with E-state index in [1.54, 1.807) is 7.11 Å². The summed E-state index contributed by atoms with van der Waals surface area (Å²) < 4.78 is 14.6. The maximum absolute atomic E-state index is 5.61. The molecule has 0 bridgehead atoms. The number of aromatic nitrogens is 2. The highest BCUT2D eigenvalue weighted by molar-refractivity contribution is 5.13. The second-order valence-corrected chi connectivity index (χ2v) is 3.82. The molecule has 0 aliphatic heterocycles. The van der Waals surface area contributed by atoms with Crippen molar-refractivity contribution in [1.29, 1.82) is 0 Å². The van der Waals surface area contributed by atoms with Gasteiger partial charge in [-0.3, -0.25) is 0 Å². The van der Waals surface area contributed by atoms with Crippen LogP contribution in [-0.2, 0) is 29.5 Å². The highest BCUT2D eigenvalue weighted by atomic mass is 16.5. The van der Waals surface area contributed by atoms with E-state index >= 15 is 0 Å². The maximum Gasteiger partial charge on any atom is 0.247 e. The van der Waals surface area contributed by atoms with Crippen LogP contribution in [0.3, 0.4) is 0 Å². The van der Waals surface area contributed by atoms with E-state index in [1.165, 1.54) is 5.56 Å². The van der Waals surface area contributed by atoms with Crippen LogP contribution in [0.1, 0.15) is 5.56 Å². The molecule has 2 rings (SSSR count). The molecule has 0 spiro atoms. The Morgan fingerprint density at radius 3 is 2.82 bits per heavy atom. The topological polar surface area (TPSA) is 27.3 Å². The molecular formula is C13H17N2O2+. The van der Waals surface area contributed by atoms with Crippen molar-refractivity contribution >= 4 is 0 Å². The predicted molar refractivity (Wildman–Crippen MR) is 62.9 cm³/mol. The molecule has 90 valence electrons.